The number of amides is 3. The molecule has 0 radical (unpaired) electrons. The Kier molecular flexibility index (Phi) is 6.32. The van der Waals surface area contributed by atoms with Crippen LogP contribution in [0, 0.1) is 5.92 Å². The summed E-state index contributed by atoms with van der Waals surface area (Å²) in [6, 6.07) is 9.26. The van der Waals surface area contributed by atoms with Crippen molar-refractivity contribution in [2.45, 2.75) is 44.1 Å². The standard InChI is InChI=1S/C20H27N3O4/c24-18(11-21-20(27)22-15-9-5-2-6-10-15)23-12-16(17(13-23)19(25)26)14-7-3-1-4-8-14/h1,3-4,7-8,15-17H,2,5-6,9-13H2,(H,25,26)(H2,21,22,27)/t16-,17-/m1/s1. The number of nitrogens with one attached hydrogen (secondary N) is 2. The van der Waals surface area contributed by atoms with Crippen molar-refractivity contribution in [3.05, 3.63) is 35.9 Å². The van der Waals surface area contributed by atoms with Crippen LogP contribution in [0.5, 0.6) is 0 Å². The van der Waals surface area contributed by atoms with E-state index in [0.717, 1.165) is 31.2 Å². The van der Waals surface area contributed by atoms with E-state index in [2.05, 4.69) is 10.6 Å². The van der Waals surface area contributed by atoms with Gasteiger partial charge < -0.3 is 20.6 Å². The third-order valence-corrected chi connectivity index (χ3v) is 5.56. The molecule has 0 bridgehead atoms. The summed E-state index contributed by atoms with van der Waals surface area (Å²) in [5, 5.41) is 15.1. The first-order valence-corrected chi connectivity index (χ1v) is 9.64. The molecule has 1 saturated heterocycles. The highest BCUT2D eigenvalue weighted by atomic mass is 16.4. The normalized spacial score (nSPS) is 23.0. The van der Waals surface area contributed by atoms with Gasteiger partial charge in [0, 0.05) is 25.0 Å². The summed E-state index contributed by atoms with van der Waals surface area (Å²) in [4.78, 5) is 37.6. The SMILES string of the molecule is O=C(NCC(=O)N1C[C@H](c2ccccc2)[C@H](C(=O)O)C1)NC1CCCCC1. The van der Waals surface area contributed by atoms with Crippen molar-refractivity contribution in [1.29, 1.82) is 0 Å². The first-order chi connectivity index (χ1) is 13.0. The summed E-state index contributed by atoms with van der Waals surface area (Å²) >= 11 is 0. The van der Waals surface area contributed by atoms with Crippen LogP contribution in [-0.4, -0.2) is 53.6 Å². The summed E-state index contributed by atoms with van der Waals surface area (Å²) in [5.74, 6) is -2.02. The topological polar surface area (TPSA) is 98.7 Å². The van der Waals surface area contributed by atoms with Crippen molar-refractivity contribution in [1.82, 2.24) is 15.5 Å². The van der Waals surface area contributed by atoms with E-state index >= 15 is 0 Å². The number of likely N-dealkylation sites (tertiary alicyclic amines) is 1. The molecule has 1 saturated carbocycles. The van der Waals surface area contributed by atoms with Gasteiger partial charge in [0.15, 0.2) is 0 Å². The van der Waals surface area contributed by atoms with Crippen LogP contribution in [0.15, 0.2) is 30.3 Å². The van der Waals surface area contributed by atoms with Crippen molar-refractivity contribution in [2.75, 3.05) is 19.6 Å². The van der Waals surface area contributed by atoms with E-state index in [-0.39, 0.29) is 37.0 Å². The summed E-state index contributed by atoms with van der Waals surface area (Å²) in [6.07, 6.45) is 5.41. The number of carbonyl (C=O) groups is 3. The fourth-order valence-corrected chi connectivity index (χ4v) is 4.05. The van der Waals surface area contributed by atoms with E-state index in [1.807, 2.05) is 30.3 Å². The fourth-order valence-electron chi connectivity index (χ4n) is 4.05. The maximum absolute atomic E-state index is 12.5. The summed E-state index contributed by atoms with van der Waals surface area (Å²) in [5.41, 5.74) is 0.920. The second kappa shape index (κ2) is 8.88. The van der Waals surface area contributed by atoms with Crippen LogP contribution in [0.1, 0.15) is 43.6 Å². The minimum atomic E-state index is -0.901. The van der Waals surface area contributed by atoms with Crippen LogP contribution in [0.3, 0.4) is 0 Å². The maximum atomic E-state index is 12.5. The minimum absolute atomic E-state index is 0.119. The van der Waals surface area contributed by atoms with E-state index in [1.54, 1.807) is 0 Å². The Morgan fingerprint density at radius 1 is 1.04 bits per heavy atom. The molecule has 3 amide bonds. The molecule has 146 valence electrons. The van der Waals surface area contributed by atoms with E-state index in [9.17, 15) is 19.5 Å². The number of carboxylic acid groups (broad SMARTS) is 1. The third kappa shape index (κ3) is 4.99. The Hall–Kier alpha value is -2.57. The number of hydrogen-bond donors (Lipinski definition) is 3. The molecule has 1 aliphatic heterocycles. The highest BCUT2D eigenvalue weighted by Crippen LogP contribution is 2.32. The minimum Gasteiger partial charge on any atom is -0.481 e. The number of hydrogen-bond acceptors (Lipinski definition) is 3. The number of nitrogens with zero attached hydrogens (tertiary/aromatic N) is 1. The number of urea groups is 1. The third-order valence-electron chi connectivity index (χ3n) is 5.56. The van der Waals surface area contributed by atoms with Crippen molar-refractivity contribution in [3.8, 4) is 0 Å². The molecule has 7 heteroatoms. The van der Waals surface area contributed by atoms with Crippen molar-refractivity contribution in [3.63, 3.8) is 0 Å². The van der Waals surface area contributed by atoms with Crippen molar-refractivity contribution in [2.24, 2.45) is 5.92 Å². The van der Waals surface area contributed by atoms with Crippen LogP contribution in [-0.2, 0) is 9.59 Å². The number of carboxylic acids is 1. The maximum Gasteiger partial charge on any atom is 0.315 e. The molecule has 1 aliphatic carbocycles. The molecular formula is C20H27N3O4. The van der Waals surface area contributed by atoms with Gasteiger partial charge in [-0.1, -0.05) is 49.6 Å². The van der Waals surface area contributed by atoms with Crippen LogP contribution in [0.4, 0.5) is 4.79 Å². The van der Waals surface area contributed by atoms with Gasteiger partial charge in [0.25, 0.3) is 0 Å². The van der Waals surface area contributed by atoms with E-state index in [1.165, 1.54) is 11.3 Å². The van der Waals surface area contributed by atoms with Gasteiger partial charge in [-0.2, -0.15) is 0 Å². The Morgan fingerprint density at radius 2 is 1.74 bits per heavy atom. The fraction of sp³-hybridized carbons (Fsp3) is 0.550. The lowest BCUT2D eigenvalue weighted by Gasteiger charge is -2.23. The van der Waals surface area contributed by atoms with E-state index in [0.29, 0.717) is 6.54 Å². The Labute approximate surface area is 159 Å². The molecule has 0 unspecified atom stereocenters. The van der Waals surface area contributed by atoms with Crippen LogP contribution in [0.2, 0.25) is 0 Å². The van der Waals surface area contributed by atoms with Crippen LogP contribution in [0.25, 0.3) is 0 Å². The molecule has 7 nitrogen and oxygen atoms in total. The largest absolute Gasteiger partial charge is 0.481 e. The first-order valence-electron chi connectivity index (χ1n) is 9.64. The number of rotatable bonds is 5. The average Bonchev–Trinajstić information content (AvgIpc) is 3.13. The van der Waals surface area contributed by atoms with Crippen LogP contribution >= 0.6 is 0 Å². The predicted octanol–water partition coefficient (Wildman–Crippen LogP) is 1.95. The molecule has 3 rings (SSSR count). The highest BCUT2D eigenvalue weighted by molar-refractivity contribution is 5.85. The lowest BCUT2D eigenvalue weighted by atomic mass is 9.89. The second-order valence-corrected chi connectivity index (χ2v) is 7.42. The zero-order valence-corrected chi connectivity index (χ0v) is 15.4. The lowest BCUT2D eigenvalue weighted by Crippen LogP contribution is -2.46. The molecule has 1 aromatic carbocycles. The molecule has 0 aromatic heterocycles. The number of carbonyl (C=O) groups excluding carboxylic acids is 2. The van der Waals surface area contributed by atoms with Crippen LogP contribution < -0.4 is 10.6 Å². The van der Waals surface area contributed by atoms with Gasteiger partial charge in [0.05, 0.1) is 12.5 Å². The molecule has 2 fully saturated rings. The zero-order valence-electron chi connectivity index (χ0n) is 15.4. The lowest BCUT2D eigenvalue weighted by molar-refractivity contribution is -0.141. The average molecular weight is 373 g/mol. The van der Waals surface area contributed by atoms with E-state index < -0.39 is 11.9 Å². The monoisotopic (exact) mass is 373 g/mol. The number of aliphatic carboxylic acids is 1. The Bertz CT molecular complexity index is 673. The summed E-state index contributed by atoms with van der Waals surface area (Å²) in [6.45, 7) is 0.401. The van der Waals surface area contributed by atoms with Gasteiger partial charge in [-0.25, -0.2) is 4.79 Å². The summed E-state index contributed by atoms with van der Waals surface area (Å²) < 4.78 is 0. The Morgan fingerprint density at radius 3 is 2.41 bits per heavy atom. The first kappa shape index (κ1) is 19.2. The molecule has 3 N–H and O–H groups in total. The van der Waals surface area contributed by atoms with E-state index in [4.69, 9.17) is 0 Å². The molecule has 1 aromatic rings. The molecule has 1 heterocycles. The quantitative estimate of drug-likeness (QED) is 0.735. The second-order valence-electron chi connectivity index (χ2n) is 7.42. The molecule has 2 aliphatic rings. The smallest absolute Gasteiger partial charge is 0.315 e. The Balaban J connectivity index is 1.52. The molecule has 27 heavy (non-hydrogen) atoms. The van der Waals surface area contributed by atoms with Gasteiger partial charge in [-0.15, -0.1) is 0 Å². The highest BCUT2D eigenvalue weighted by Gasteiger charge is 2.40. The summed E-state index contributed by atoms with van der Waals surface area (Å²) in [7, 11) is 0. The zero-order chi connectivity index (χ0) is 19.2. The van der Waals surface area contributed by atoms with Crippen molar-refractivity contribution >= 4 is 17.9 Å². The number of benzene rings is 1. The van der Waals surface area contributed by atoms with Gasteiger partial charge in [0.1, 0.15) is 0 Å². The van der Waals surface area contributed by atoms with Gasteiger partial charge in [0.2, 0.25) is 5.91 Å². The van der Waals surface area contributed by atoms with Crippen molar-refractivity contribution < 1.29 is 19.5 Å². The van der Waals surface area contributed by atoms with Gasteiger partial charge >= 0.3 is 12.0 Å². The van der Waals surface area contributed by atoms with Gasteiger partial charge in [-0.3, -0.25) is 9.59 Å². The molecular weight excluding hydrogens is 346 g/mol. The molecule has 0 spiro atoms. The molecule has 2 atom stereocenters. The predicted molar refractivity (Wildman–Crippen MR) is 100 cm³/mol. The van der Waals surface area contributed by atoms with Gasteiger partial charge in [-0.05, 0) is 18.4 Å².